The molecule has 4 unspecified atom stereocenters. The van der Waals surface area contributed by atoms with Gasteiger partial charge in [-0.15, -0.1) is 0 Å². The van der Waals surface area contributed by atoms with Crippen LogP contribution in [0.5, 0.6) is 0 Å². The van der Waals surface area contributed by atoms with E-state index >= 15 is 0 Å². The van der Waals surface area contributed by atoms with E-state index < -0.39 is 17.4 Å². The zero-order valence-electron chi connectivity index (χ0n) is 26.3. The largest absolute Gasteiger partial charge is 0.344 e. The molecule has 0 bridgehead atoms. The molecule has 2 heterocycles. The second kappa shape index (κ2) is 14.2. The number of likely N-dealkylation sites (tertiary alicyclic amines) is 1. The average Bonchev–Trinajstić information content (AvgIpc) is 3.42. The second-order valence-electron chi connectivity index (χ2n) is 13.9. The van der Waals surface area contributed by atoms with Crippen molar-refractivity contribution in [1.29, 1.82) is 0 Å². The number of piperidine rings is 1. The number of benzene rings is 2. The Morgan fingerprint density at radius 3 is 2.39 bits per heavy atom. The summed E-state index contributed by atoms with van der Waals surface area (Å²) in [5, 5.41) is 4.37. The molecule has 2 aromatic carbocycles. The first kappa shape index (κ1) is 32.1. The molecule has 5 atom stereocenters. The summed E-state index contributed by atoms with van der Waals surface area (Å²) < 4.78 is 13.4. The highest BCUT2D eigenvalue weighted by atomic mass is 19.1. The standard InChI is InChI=1S/C35H47FN4O4/c1-35(2,3)32(34(43)38-18-17-30-31(22-38)40(30)20-26-13-15-29(36)16-14-26)37-33(42)28(19-25-9-7-8-10-25)21-39(24-41)44-23-27-11-5-4-6-12-27/h4-6,11-16,24-25,28,30-32H,7-10,17-23H2,1-3H3,(H,37,42)/t28-,30?,31?,32?,40?/m1/s1. The van der Waals surface area contributed by atoms with Crippen molar-refractivity contribution in [2.45, 2.75) is 90.6 Å². The summed E-state index contributed by atoms with van der Waals surface area (Å²) in [7, 11) is 0. The molecule has 1 aliphatic carbocycles. The van der Waals surface area contributed by atoms with Crippen molar-refractivity contribution in [3.05, 3.63) is 71.5 Å². The first-order valence-electron chi connectivity index (χ1n) is 16.1. The third-order valence-electron chi connectivity index (χ3n) is 9.52. The molecule has 8 nitrogen and oxygen atoms in total. The number of hydroxylamine groups is 2. The summed E-state index contributed by atoms with van der Waals surface area (Å²) in [5.74, 6) is -0.590. The van der Waals surface area contributed by atoms with Gasteiger partial charge in [-0.2, -0.15) is 0 Å². The average molecular weight is 607 g/mol. The molecule has 44 heavy (non-hydrogen) atoms. The molecule has 3 aliphatic rings. The molecule has 0 radical (unpaired) electrons. The summed E-state index contributed by atoms with van der Waals surface area (Å²) in [6.45, 7) is 8.30. The van der Waals surface area contributed by atoms with Crippen LogP contribution in [0, 0.1) is 23.1 Å². The summed E-state index contributed by atoms with van der Waals surface area (Å²) in [6.07, 6.45) is 6.62. The van der Waals surface area contributed by atoms with Crippen LogP contribution >= 0.6 is 0 Å². The summed E-state index contributed by atoms with van der Waals surface area (Å²) in [5.41, 5.74) is 1.49. The first-order chi connectivity index (χ1) is 21.1. The first-order valence-corrected chi connectivity index (χ1v) is 16.1. The van der Waals surface area contributed by atoms with Crippen molar-refractivity contribution in [2.24, 2.45) is 17.3 Å². The van der Waals surface area contributed by atoms with E-state index in [4.69, 9.17) is 4.84 Å². The zero-order chi connectivity index (χ0) is 31.3. The van der Waals surface area contributed by atoms with Gasteiger partial charge in [-0.25, -0.2) is 9.45 Å². The van der Waals surface area contributed by atoms with Crippen molar-refractivity contribution < 1.29 is 23.6 Å². The minimum atomic E-state index is -0.697. The summed E-state index contributed by atoms with van der Waals surface area (Å²) in [6, 6.07) is 16.2. The van der Waals surface area contributed by atoms with Gasteiger partial charge in [0.2, 0.25) is 18.2 Å². The van der Waals surface area contributed by atoms with Gasteiger partial charge in [0.1, 0.15) is 18.5 Å². The maximum Gasteiger partial charge on any atom is 0.245 e. The van der Waals surface area contributed by atoms with Crippen molar-refractivity contribution in [2.75, 3.05) is 19.6 Å². The number of hydrogen-bond acceptors (Lipinski definition) is 5. The lowest BCUT2D eigenvalue weighted by molar-refractivity contribution is -0.182. The van der Waals surface area contributed by atoms with Crippen LogP contribution in [0.4, 0.5) is 4.39 Å². The normalized spacial score (nSPS) is 23.0. The SMILES string of the molecule is CC(C)(C)C(NC(=O)[C@H](CC1CCCC1)CN(C=O)OCc1ccccc1)C(=O)N1CCC2C(C1)N2Cc1ccc(F)cc1. The Morgan fingerprint density at radius 2 is 1.73 bits per heavy atom. The predicted octanol–water partition coefficient (Wildman–Crippen LogP) is 4.93. The minimum absolute atomic E-state index is 0.0647. The second-order valence-corrected chi connectivity index (χ2v) is 13.9. The van der Waals surface area contributed by atoms with Gasteiger partial charge in [0.25, 0.3) is 0 Å². The molecular formula is C35H47FN4O4. The van der Waals surface area contributed by atoms with Gasteiger partial charge in [-0.1, -0.05) is 88.9 Å². The molecule has 9 heteroatoms. The molecule has 2 aromatic rings. The van der Waals surface area contributed by atoms with Crippen LogP contribution in [0.3, 0.4) is 0 Å². The van der Waals surface area contributed by atoms with Crippen LogP contribution < -0.4 is 5.32 Å². The minimum Gasteiger partial charge on any atom is -0.344 e. The molecular weight excluding hydrogens is 559 g/mol. The number of rotatable bonds is 13. The van der Waals surface area contributed by atoms with E-state index in [9.17, 15) is 18.8 Å². The number of carbonyl (C=O) groups is 3. The van der Waals surface area contributed by atoms with Gasteiger partial charge >= 0.3 is 0 Å². The fraction of sp³-hybridized carbons (Fsp3) is 0.571. The monoisotopic (exact) mass is 606 g/mol. The lowest BCUT2D eigenvalue weighted by Gasteiger charge is -2.37. The van der Waals surface area contributed by atoms with Gasteiger partial charge in [0, 0.05) is 31.7 Å². The summed E-state index contributed by atoms with van der Waals surface area (Å²) in [4.78, 5) is 50.0. The zero-order valence-corrected chi connectivity index (χ0v) is 26.3. The van der Waals surface area contributed by atoms with E-state index in [0.717, 1.165) is 49.8 Å². The molecule has 1 saturated carbocycles. The lowest BCUT2D eigenvalue weighted by Crippen LogP contribution is -2.57. The highest BCUT2D eigenvalue weighted by Gasteiger charge is 2.52. The molecule has 2 aliphatic heterocycles. The van der Waals surface area contributed by atoms with Gasteiger partial charge in [0.15, 0.2) is 0 Å². The van der Waals surface area contributed by atoms with E-state index in [1.165, 1.54) is 17.2 Å². The number of hydrogen-bond donors (Lipinski definition) is 1. The highest BCUT2D eigenvalue weighted by Crippen LogP contribution is 2.38. The van der Waals surface area contributed by atoms with Gasteiger partial charge in [-0.3, -0.25) is 24.1 Å². The number of fused-ring (bicyclic) bond motifs is 1. The van der Waals surface area contributed by atoms with Crippen molar-refractivity contribution >= 4 is 18.2 Å². The van der Waals surface area contributed by atoms with Crippen LogP contribution in [-0.2, 0) is 32.4 Å². The lowest BCUT2D eigenvalue weighted by atomic mass is 9.84. The van der Waals surface area contributed by atoms with Gasteiger partial charge in [0.05, 0.1) is 12.5 Å². The van der Waals surface area contributed by atoms with Crippen LogP contribution in [0.1, 0.15) is 70.4 Å². The van der Waals surface area contributed by atoms with E-state index in [-0.39, 0.29) is 36.8 Å². The number of halogens is 1. The molecule has 3 fully saturated rings. The molecule has 3 amide bonds. The van der Waals surface area contributed by atoms with Crippen molar-refractivity contribution in [3.63, 3.8) is 0 Å². The molecule has 2 saturated heterocycles. The Labute approximate surface area is 260 Å². The fourth-order valence-electron chi connectivity index (χ4n) is 6.90. The van der Waals surface area contributed by atoms with Crippen LogP contribution in [0.25, 0.3) is 0 Å². The number of amides is 3. The van der Waals surface area contributed by atoms with E-state index in [1.54, 1.807) is 0 Å². The predicted molar refractivity (Wildman–Crippen MR) is 166 cm³/mol. The van der Waals surface area contributed by atoms with E-state index in [2.05, 4.69) is 10.2 Å². The molecule has 1 N–H and O–H groups in total. The van der Waals surface area contributed by atoms with Gasteiger partial charge < -0.3 is 10.2 Å². The van der Waals surface area contributed by atoms with Crippen molar-refractivity contribution in [1.82, 2.24) is 20.2 Å². The van der Waals surface area contributed by atoms with Crippen LogP contribution in [0.2, 0.25) is 0 Å². The quantitative estimate of drug-likeness (QED) is 0.199. The number of nitrogens with one attached hydrogen (secondary N) is 1. The molecule has 0 aromatic heterocycles. The highest BCUT2D eigenvalue weighted by molar-refractivity contribution is 5.89. The third kappa shape index (κ3) is 8.24. The topological polar surface area (TPSA) is 82.0 Å². The maximum atomic E-state index is 14.0. The Morgan fingerprint density at radius 1 is 1.02 bits per heavy atom. The van der Waals surface area contributed by atoms with E-state index in [0.29, 0.717) is 37.9 Å². The van der Waals surface area contributed by atoms with Crippen LogP contribution in [0.15, 0.2) is 54.6 Å². The van der Waals surface area contributed by atoms with Crippen LogP contribution in [-0.4, -0.2) is 70.8 Å². The maximum absolute atomic E-state index is 14.0. The number of carbonyl (C=O) groups excluding carboxylic acids is 3. The Bertz CT molecular complexity index is 1260. The third-order valence-corrected chi connectivity index (χ3v) is 9.52. The summed E-state index contributed by atoms with van der Waals surface area (Å²) >= 11 is 0. The van der Waals surface area contributed by atoms with Crippen molar-refractivity contribution in [3.8, 4) is 0 Å². The fourth-order valence-corrected chi connectivity index (χ4v) is 6.90. The molecule has 238 valence electrons. The Hall–Kier alpha value is -3.30. The Kier molecular flexibility index (Phi) is 10.4. The number of nitrogens with zero attached hydrogens (tertiary/aromatic N) is 3. The molecule has 5 rings (SSSR count). The van der Waals surface area contributed by atoms with E-state index in [1.807, 2.05) is 68.1 Å². The smallest absolute Gasteiger partial charge is 0.245 e. The Balaban J connectivity index is 1.22. The van der Waals surface area contributed by atoms with Gasteiger partial charge in [-0.05, 0) is 47.4 Å². The molecule has 0 spiro atoms.